The number of carbonyl (C=O) groups is 1. The highest BCUT2D eigenvalue weighted by atomic mass is 16.1. The lowest BCUT2D eigenvalue weighted by Gasteiger charge is -2.10. The third-order valence-electron chi connectivity index (χ3n) is 3.41. The summed E-state index contributed by atoms with van der Waals surface area (Å²) in [5.74, 6) is 0.930. The van der Waals surface area contributed by atoms with Crippen molar-refractivity contribution in [2.45, 2.75) is 20.3 Å². The van der Waals surface area contributed by atoms with Gasteiger partial charge >= 0.3 is 0 Å². The number of rotatable bonds is 6. The quantitative estimate of drug-likeness (QED) is 0.855. The molecular formula is C16H22N4O. The van der Waals surface area contributed by atoms with Crippen molar-refractivity contribution >= 4 is 11.6 Å². The van der Waals surface area contributed by atoms with Gasteiger partial charge in [0.15, 0.2) is 0 Å². The normalized spacial score (nSPS) is 10.4. The van der Waals surface area contributed by atoms with Crippen LogP contribution >= 0.6 is 0 Å². The van der Waals surface area contributed by atoms with Crippen LogP contribution in [0, 0.1) is 6.92 Å². The molecule has 0 saturated carbocycles. The van der Waals surface area contributed by atoms with E-state index in [0.29, 0.717) is 6.54 Å². The number of imidazole rings is 1. The zero-order valence-electron chi connectivity index (χ0n) is 12.8. The maximum atomic E-state index is 12.2. The van der Waals surface area contributed by atoms with Gasteiger partial charge in [-0.05, 0) is 37.6 Å². The van der Waals surface area contributed by atoms with Gasteiger partial charge in [0.25, 0.3) is 5.91 Å². The van der Waals surface area contributed by atoms with E-state index < -0.39 is 0 Å². The lowest BCUT2D eigenvalue weighted by molar-refractivity contribution is 0.0953. The second kappa shape index (κ2) is 6.92. The van der Waals surface area contributed by atoms with Gasteiger partial charge in [-0.2, -0.15) is 0 Å². The molecular weight excluding hydrogens is 264 g/mol. The molecule has 21 heavy (non-hydrogen) atoms. The molecule has 0 atom stereocenters. The molecule has 5 nitrogen and oxygen atoms in total. The number of anilines is 1. The Morgan fingerprint density at radius 2 is 2.19 bits per heavy atom. The van der Waals surface area contributed by atoms with Crippen LogP contribution < -0.4 is 10.6 Å². The summed E-state index contributed by atoms with van der Waals surface area (Å²) in [4.78, 5) is 16.4. The highest BCUT2D eigenvalue weighted by Gasteiger charge is 2.09. The Morgan fingerprint density at radius 1 is 1.38 bits per heavy atom. The maximum Gasteiger partial charge on any atom is 0.251 e. The number of nitrogens with zero attached hydrogens (tertiary/aromatic N) is 2. The maximum absolute atomic E-state index is 12.2. The lowest BCUT2D eigenvalue weighted by Crippen LogP contribution is -2.27. The first-order chi connectivity index (χ1) is 10.1. The molecule has 2 N–H and O–H groups in total. The monoisotopic (exact) mass is 286 g/mol. The highest BCUT2D eigenvalue weighted by molar-refractivity contribution is 5.96. The fourth-order valence-corrected chi connectivity index (χ4v) is 2.25. The van der Waals surface area contributed by atoms with Crippen molar-refractivity contribution in [1.29, 1.82) is 0 Å². The third kappa shape index (κ3) is 3.84. The van der Waals surface area contributed by atoms with Gasteiger partial charge in [0.1, 0.15) is 5.82 Å². The van der Waals surface area contributed by atoms with Crippen molar-refractivity contribution in [3.63, 3.8) is 0 Å². The Balaban J connectivity index is 1.92. The topological polar surface area (TPSA) is 59.0 Å². The average molecular weight is 286 g/mol. The van der Waals surface area contributed by atoms with Crippen LogP contribution in [0.15, 0.2) is 30.6 Å². The largest absolute Gasteiger partial charge is 0.385 e. The molecule has 0 aliphatic carbocycles. The molecule has 1 aromatic heterocycles. The van der Waals surface area contributed by atoms with Crippen LogP contribution in [0.25, 0.3) is 0 Å². The van der Waals surface area contributed by atoms with Crippen molar-refractivity contribution < 1.29 is 4.79 Å². The zero-order chi connectivity index (χ0) is 15.2. The van der Waals surface area contributed by atoms with Crippen LogP contribution in [0.1, 0.15) is 28.7 Å². The van der Waals surface area contributed by atoms with Crippen LogP contribution in [0.3, 0.4) is 0 Å². The number of benzene rings is 1. The Kier molecular flexibility index (Phi) is 4.98. The van der Waals surface area contributed by atoms with Crippen molar-refractivity contribution in [2.75, 3.05) is 18.4 Å². The number of amides is 1. The van der Waals surface area contributed by atoms with Crippen molar-refractivity contribution in [1.82, 2.24) is 14.9 Å². The van der Waals surface area contributed by atoms with Gasteiger partial charge in [-0.15, -0.1) is 0 Å². The van der Waals surface area contributed by atoms with Gasteiger partial charge < -0.3 is 15.2 Å². The SMILES string of the molecule is CCNc1ccc(C(=O)NCCc2nccn2C)c(C)c1. The van der Waals surface area contributed by atoms with Gasteiger partial charge in [-0.3, -0.25) is 4.79 Å². The van der Waals surface area contributed by atoms with E-state index in [9.17, 15) is 4.79 Å². The predicted molar refractivity (Wildman–Crippen MR) is 84.6 cm³/mol. The first-order valence-corrected chi connectivity index (χ1v) is 7.20. The zero-order valence-corrected chi connectivity index (χ0v) is 12.8. The van der Waals surface area contributed by atoms with Gasteiger partial charge in [0.05, 0.1) is 0 Å². The van der Waals surface area contributed by atoms with Gasteiger partial charge in [0.2, 0.25) is 0 Å². The molecule has 0 radical (unpaired) electrons. The van der Waals surface area contributed by atoms with E-state index >= 15 is 0 Å². The Bertz CT molecular complexity index is 618. The van der Waals surface area contributed by atoms with Crippen molar-refractivity contribution in [3.05, 3.63) is 47.5 Å². The summed E-state index contributed by atoms with van der Waals surface area (Å²) < 4.78 is 1.96. The Morgan fingerprint density at radius 3 is 2.81 bits per heavy atom. The highest BCUT2D eigenvalue weighted by Crippen LogP contribution is 2.15. The molecule has 0 aliphatic rings. The van der Waals surface area contributed by atoms with E-state index in [1.54, 1.807) is 6.20 Å². The lowest BCUT2D eigenvalue weighted by atomic mass is 10.1. The molecule has 0 unspecified atom stereocenters. The van der Waals surface area contributed by atoms with Crippen molar-refractivity contribution in [2.24, 2.45) is 7.05 Å². The van der Waals surface area contributed by atoms with Crippen LogP contribution in [0.5, 0.6) is 0 Å². The fourth-order valence-electron chi connectivity index (χ4n) is 2.25. The Labute approximate surface area is 125 Å². The van der Waals surface area contributed by atoms with E-state index in [4.69, 9.17) is 0 Å². The van der Waals surface area contributed by atoms with E-state index in [1.165, 1.54) is 0 Å². The average Bonchev–Trinajstić information content (AvgIpc) is 2.85. The number of carbonyl (C=O) groups excluding carboxylic acids is 1. The summed E-state index contributed by atoms with van der Waals surface area (Å²) in [5, 5.41) is 6.18. The van der Waals surface area contributed by atoms with Gasteiger partial charge in [-0.1, -0.05) is 0 Å². The first-order valence-electron chi connectivity index (χ1n) is 7.20. The van der Waals surface area contributed by atoms with Gasteiger partial charge in [-0.25, -0.2) is 4.98 Å². The molecule has 112 valence electrons. The first kappa shape index (κ1) is 15.1. The molecule has 1 heterocycles. The van der Waals surface area contributed by atoms with Crippen molar-refractivity contribution in [3.8, 4) is 0 Å². The third-order valence-corrected chi connectivity index (χ3v) is 3.41. The van der Waals surface area contributed by atoms with Crippen LogP contribution in [0.4, 0.5) is 5.69 Å². The smallest absolute Gasteiger partial charge is 0.251 e. The second-order valence-electron chi connectivity index (χ2n) is 5.02. The molecule has 2 aromatic rings. The minimum atomic E-state index is -0.0373. The molecule has 0 aliphatic heterocycles. The second-order valence-corrected chi connectivity index (χ2v) is 5.02. The molecule has 1 amide bonds. The minimum absolute atomic E-state index is 0.0373. The molecule has 0 saturated heterocycles. The van der Waals surface area contributed by atoms with E-state index in [-0.39, 0.29) is 5.91 Å². The summed E-state index contributed by atoms with van der Waals surface area (Å²) >= 11 is 0. The van der Waals surface area contributed by atoms with Crippen LogP contribution in [0.2, 0.25) is 0 Å². The van der Waals surface area contributed by atoms with E-state index in [1.807, 2.05) is 49.9 Å². The molecule has 5 heteroatoms. The van der Waals surface area contributed by atoms with Crippen LogP contribution in [-0.4, -0.2) is 28.5 Å². The van der Waals surface area contributed by atoms with E-state index in [0.717, 1.165) is 35.6 Å². The number of nitrogens with one attached hydrogen (secondary N) is 2. The number of aryl methyl sites for hydroxylation is 2. The molecule has 0 bridgehead atoms. The fraction of sp³-hybridized carbons (Fsp3) is 0.375. The summed E-state index contributed by atoms with van der Waals surface area (Å²) in [7, 11) is 1.95. The molecule has 2 rings (SSSR count). The predicted octanol–water partition coefficient (Wildman–Crippen LogP) is 2.13. The summed E-state index contributed by atoms with van der Waals surface area (Å²) in [6.07, 6.45) is 4.39. The number of hydrogen-bond acceptors (Lipinski definition) is 3. The van der Waals surface area contributed by atoms with Crippen LogP contribution in [-0.2, 0) is 13.5 Å². The number of hydrogen-bond donors (Lipinski definition) is 2. The molecule has 1 aromatic carbocycles. The summed E-state index contributed by atoms with van der Waals surface area (Å²) in [6.45, 7) is 5.45. The van der Waals surface area contributed by atoms with E-state index in [2.05, 4.69) is 15.6 Å². The summed E-state index contributed by atoms with van der Waals surface area (Å²) in [5.41, 5.74) is 2.74. The van der Waals surface area contributed by atoms with Gasteiger partial charge in [0, 0.05) is 50.2 Å². The standard InChI is InChI=1S/C16H22N4O/c1-4-17-13-5-6-14(12(2)11-13)16(21)19-8-7-15-18-9-10-20(15)3/h5-6,9-11,17H,4,7-8H2,1-3H3,(H,19,21). The molecule has 0 spiro atoms. The molecule has 0 fully saturated rings. The Hall–Kier alpha value is -2.30. The minimum Gasteiger partial charge on any atom is -0.385 e. The summed E-state index contributed by atoms with van der Waals surface area (Å²) in [6, 6.07) is 5.80. The number of aromatic nitrogens is 2.